The van der Waals surface area contributed by atoms with Crippen molar-refractivity contribution in [2.75, 3.05) is 13.2 Å². The Hall–Kier alpha value is -4.06. The predicted octanol–water partition coefficient (Wildman–Crippen LogP) is 7.06. The van der Waals surface area contributed by atoms with Crippen LogP contribution in [0.2, 0.25) is 0 Å². The van der Waals surface area contributed by atoms with Crippen LogP contribution in [0.5, 0.6) is 0 Å². The highest BCUT2D eigenvalue weighted by Gasteiger charge is 2.39. The van der Waals surface area contributed by atoms with Crippen molar-refractivity contribution in [2.24, 2.45) is 0 Å². The van der Waals surface area contributed by atoms with E-state index in [2.05, 4.69) is 91.9 Å². The average Bonchev–Trinajstić information content (AvgIpc) is 3.49. The van der Waals surface area contributed by atoms with Crippen LogP contribution in [-0.4, -0.2) is 34.1 Å². The minimum atomic E-state index is -0.637. The fraction of sp³-hybridized carbons (Fsp3) is 0.257. The molecule has 0 spiro atoms. The average molecular weight is 532 g/mol. The third-order valence-corrected chi connectivity index (χ3v) is 7.19. The Balaban J connectivity index is 1.23. The summed E-state index contributed by atoms with van der Waals surface area (Å²) in [7, 11) is 0. The van der Waals surface area contributed by atoms with E-state index >= 15 is 0 Å². The van der Waals surface area contributed by atoms with E-state index in [-0.39, 0.29) is 6.10 Å². The van der Waals surface area contributed by atoms with Gasteiger partial charge in [0.1, 0.15) is 11.9 Å². The quantitative estimate of drug-likeness (QED) is 0.114. The molecule has 1 heterocycles. The Morgan fingerprint density at radius 2 is 1.23 bits per heavy atom. The number of rotatable bonds is 14. The van der Waals surface area contributed by atoms with E-state index in [9.17, 15) is 0 Å². The highest BCUT2D eigenvalue weighted by Crippen LogP contribution is 2.40. The summed E-state index contributed by atoms with van der Waals surface area (Å²) in [5.41, 5.74) is 3.96. The van der Waals surface area contributed by atoms with Crippen LogP contribution in [0.25, 0.3) is 0 Å². The number of hydrogen-bond acceptors (Lipinski definition) is 4. The number of hydrogen-bond donors (Lipinski definition) is 0. The first-order valence-corrected chi connectivity index (χ1v) is 14.1. The van der Waals surface area contributed by atoms with Crippen LogP contribution in [0.3, 0.4) is 0 Å². The molecular formula is C35H37N3O2. The molecule has 0 aliphatic rings. The number of aryl methyl sites for hydroxylation is 1. The van der Waals surface area contributed by atoms with Crippen molar-refractivity contribution in [1.29, 1.82) is 0 Å². The third kappa shape index (κ3) is 6.56. The van der Waals surface area contributed by atoms with Crippen molar-refractivity contribution in [3.05, 3.63) is 156 Å². The standard InChI is InChI=1S/C35H37N3O2/c1-29(40-27-30-15-6-2-7-16-30)24-26-39-25-14-23-34-36-28-38(37-34)35(31-17-8-3-9-18-31,32-19-10-4-11-20-32)33-21-12-5-13-22-33/h2-13,15-22,28-29H,14,23-27H2,1H3. The second-order valence-electron chi connectivity index (χ2n) is 10.0. The lowest BCUT2D eigenvalue weighted by Crippen LogP contribution is -2.38. The van der Waals surface area contributed by atoms with E-state index in [1.54, 1.807) is 0 Å². The molecule has 40 heavy (non-hydrogen) atoms. The van der Waals surface area contributed by atoms with Crippen molar-refractivity contribution >= 4 is 0 Å². The minimum Gasteiger partial charge on any atom is -0.381 e. The van der Waals surface area contributed by atoms with E-state index in [1.807, 2.05) is 47.4 Å². The second kappa shape index (κ2) is 13.8. The Labute approximate surface area is 237 Å². The maximum atomic E-state index is 5.95. The summed E-state index contributed by atoms with van der Waals surface area (Å²) in [5, 5.41) is 5.04. The Kier molecular flexibility index (Phi) is 9.51. The monoisotopic (exact) mass is 531 g/mol. The molecule has 0 aliphatic carbocycles. The van der Waals surface area contributed by atoms with Gasteiger partial charge in [0.05, 0.1) is 12.7 Å². The topological polar surface area (TPSA) is 49.2 Å². The van der Waals surface area contributed by atoms with E-state index in [0.717, 1.165) is 41.8 Å². The van der Waals surface area contributed by atoms with Gasteiger partial charge in [0.25, 0.3) is 0 Å². The third-order valence-electron chi connectivity index (χ3n) is 7.19. The number of ether oxygens (including phenoxy) is 2. The first-order valence-electron chi connectivity index (χ1n) is 14.1. The van der Waals surface area contributed by atoms with Crippen molar-refractivity contribution in [1.82, 2.24) is 14.8 Å². The summed E-state index contributed by atoms with van der Waals surface area (Å²) < 4.78 is 13.9. The van der Waals surface area contributed by atoms with Crippen LogP contribution < -0.4 is 0 Å². The van der Waals surface area contributed by atoms with E-state index in [4.69, 9.17) is 19.6 Å². The molecule has 0 bridgehead atoms. The molecule has 5 rings (SSSR count). The zero-order valence-corrected chi connectivity index (χ0v) is 23.1. The fourth-order valence-electron chi connectivity index (χ4n) is 5.09. The van der Waals surface area contributed by atoms with Crippen LogP contribution in [-0.2, 0) is 28.0 Å². The fourth-order valence-corrected chi connectivity index (χ4v) is 5.09. The molecule has 1 atom stereocenters. The van der Waals surface area contributed by atoms with Gasteiger partial charge in [-0.05, 0) is 42.0 Å². The summed E-state index contributed by atoms with van der Waals surface area (Å²) in [6.45, 7) is 4.08. The molecule has 0 aliphatic heterocycles. The Bertz CT molecular complexity index is 1310. The smallest absolute Gasteiger partial charge is 0.150 e. The first kappa shape index (κ1) is 27.5. The summed E-state index contributed by atoms with van der Waals surface area (Å²) in [4.78, 5) is 4.73. The SMILES string of the molecule is CC(CCOCCCc1ncn(C(c2ccccc2)(c2ccccc2)c2ccccc2)n1)OCc1ccccc1. The second-order valence-corrected chi connectivity index (χ2v) is 10.0. The molecule has 0 saturated carbocycles. The lowest BCUT2D eigenvalue weighted by atomic mass is 9.77. The lowest BCUT2D eigenvalue weighted by molar-refractivity contribution is 0.0217. The molecule has 5 nitrogen and oxygen atoms in total. The maximum absolute atomic E-state index is 5.95. The molecule has 5 heteroatoms. The van der Waals surface area contributed by atoms with Gasteiger partial charge in [-0.1, -0.05) is 121 Å². The van der Waals surface area contributed by atoms with E-state index in [0.29, 0.717) is 19.8 Å². The molecule has 4 aromatic carbocycles. The van der Waals surface area contributed by atoms with Crippen molar-refractivity contribution in [3.63, 3.8) is 0 Å². The number of aromatic nitrogens is 3. The molecular weight excluding hydrogens is 494 g/mol. The van der Waals surface area contributed by atoms with Gasteiger partial charge < -0.3 is 9.47 Å². The van der Waals surface area contributed by atoms with Crippen molar-refractivity contribution in [2.45, 2.75) is 44.4 Å². The van der Waals surface area contributed by atoms with Crippen molar-refractivity contribution < 1.29 is 9.47 Å². The summed E-state index contributed by atoms with van der Waals surface area (Å²) in [6.07, 6.45) is 4.50. The molecule has 0 amide bonds. The van der Waals surface area contributed by atoms with Crippen LogP contribution in [0, 0.1) is 0 Å². The molecule has 0 saturated heterocycles. The Morgan fingerprint density at radius 1 is 0.700 bits per heavy atom. The van der Waals surface area contributed by atoms with Crippen LogP contribution in [0.15, 0.2) is 128 Å². The molecule has 1 unspecified atom stereocenters. The molecule has 204 valence electrons. The van der Waals surface area contributed by atoms with Crippen LogP contribution >= 0.6 is 0 Å². The van der Waals surface area contributed by atoms with Gasteiger partial charge >= 0.3 is 0 Å². The van der Waals surface area contributed by atoms with Crippen molar-refractivity contribution in [3.8, 4) is 0 Å². The Morgan fingerprint density at radius 3 is 1.77 bits per heavy atom. The van der Waals surface area contributed by atoms with Gasteiger partial charge in [-0.2, -0.15) is 5.10 Å². The zero-order valence-electron chi connectivity index (χ0n) is 23.1. The van der Waals surface area contributed by atoms with Gasteiger partial charge in [0.2, 0.25) is 0 Å². The van der Waals surface area contributed by atoms with Crippen LogP contribution in [0.1, 0.15) is 47.8 Å². The summed E-state index contributed by atoms with van der Waals surface area (Å²) in [5.74, 6) is 0.815. The molecule has 0 N–H and O–H groups in total. The highest BCUT2D eigenvalue weighted by atomic mass is 16.5. The number of benzene rings is 4. The van der Waals surface area contributed by atoms with Gasteiger partial charge in [-0.3, -0.25) is 0 Å². The molecule has 0 radical (unpaired) electrons. The minimum absolute atomic E-state index is 0.152. The largest absolute Gasteiger partial charge is 0.381 e. The summed E-state index contributed by atoms with van der Waals surface area (Å²) >= 11 is 0. The van der Waals surface area contributed by atoms with Gasteiger partial charge in [-0.25, -0.2) is 9.67 Å². The van der Waals surface area contributed by atoms with Crippen LogP contribution in [0.4, 0.5) is 0 Å². The number of nitrogens with zero attached hydrogens (tertiary/aromatic N) is 3. The normalized spacial score (nSPS) is 12.3. The van der Waals surface area contributed by atoms with E-state index < -0.39 is 5.54 Å². The van der Waals surface area contributed by atoms with Gasteiger partial charge in [-0.15, -0.1) is 0 Å². The van der Waals surface area contributed by atoms with E-state index in [1.165, 1.54) is 5.56 Å². The first-order chi connectivity index (χ1) is 19.8. The zero-order chi connectivity index (χ0) is 27.5. The lowest BCUT2D eigenvalue weighted by Gasteiger charge is -2.35. The summed E-state index contributed by atoms with van der Waals surface area (Å²) in [6, 6.07) is 41.9. The maximum Gasteiger partial charge on any atom is 0.150 e. The predicted molar refractivity (Wildman–Crippen MR) is 159 cm³/mol. The molecule has 5 aromatic rings. The van der Waals surface area contributed by atoms with Gasteiger partial charge in [0.15, 0.2) is 5.82 Å². The van der Waals surface area contributed by atoms with Gasteiger partial charge in [0, 0.05) is 19.6 Å². The molecule has 1 aromatic heterocycles. The molecule has 0 fully saturated rings. The highest BCUT2D eigenvalue weighted by molar-refractivity contribution is 5.50.